The Morgan fingerprint density at radius 3 is 3.08 bits per heavy atom. The molecule has 2 aliphatic rings. The van der Waals surface area contributed by atoms with E-state index in [0.29, 0.717) is 0 Å². The third-order valence-corrected chi connectivity index (χ3v) is 5.36. The highest BCUT2D eigenvalue weighted by Gasteiger charge is 2.20. The van der Waals surface area contributed by atoms with E-state index in [1.54, 1.807) is 0 Å². The second-order valence-corrected chi connectivity index (χ2v) is 6.87. The van der Waals surface area contributed by atoms with Crippen LogP contribution in [0.25, 0.3) is 10.9 Å². The molecule has 0 atom stereocenters. The fraction of sp³-hybridized carbons (Fsp3) is 0.368. The van der Waals surface area contributed by atoms with Gasteiger partial charge < -0.3 is 9.13 Å². The van der Waals surface area contributed by atoms with Crippen molar-refractivity contribution in [1.29, 1.82) is 0 Å². The van der Waals surface area contributed by atoms with Crippen LogP contribution in [0.3, 0.4) is 0 Å². The highest BCUT2D eigenvalue weighted by atomic mass is 16.1. The van der Waals surface area contributed by atoms with Crippen molar-refractivity contribution in [3.05, 3.63) is 64.0 Å². The summed E-state index contributed by atoms with van der Waals surface area (Å²) in [6.07, 6.45) is 5.98. The molecule has 0 saturated carbocycles. The predicted octanol–water partition coefficient (Wildman–Crippen LogP) is 2.16. The topological polar surface area (TPSA) is 43.1 Å². The summed E-state index contributed by atoms with van der Waals surface area (Å²) < 4.78 is 4.17. The third-order valence-electron chi connectivity index (χ3n) is 5.36. The zero-order valence-electron chi connectivity index (χ0n) is 13.6. The molecule has 0 fully saturated rings. The van der Waals surface area contributed by atoms with Gasteiger partial charge in [-0.3, -0.25) is 9.69 Å². The highest BCUT2D eigenvalue weighted by molar-refractivity contribution is 5.86. The summed E-state index contributed by atoms with van der Waals surface area (Å²) in [5.74, 6) is 0. The molecule has 0 aliphatic carbocycles. The molecule has 122 valence electrons. The van der Waals surface area contributed by atoms with Gasteiger partial charge in [-0.05, 0) is 24.0 Å². The first kappa shape index (κ1) is 14.0. The van der Waals surface area contributed by atoms with Crippen molar-refractivity contribution >= 4 is 10.9 Å². The van der Waals surface area contributed by atoms with Crippen molar-refractivity contribution in [2.75, 3.05) is 6.54 Å². The van der Waals surface area contributed by atoms with Crippen molar-refractivity contribution < 1.29 is 0 Å². The summed E-state index contributed by atoms with van der Waals surface area (Å²) in [6, 6.07) is 8.32. The van der Waals surface area contributed by atoms with E-state index in [1.165, 1.54) is 16.6 Å². The number of benzene rings is 1. The lowest BCUT2D eigenvalue weighted by Gasteiger charge is -2.29. The number of para-hydroxylation sites is 1. The average Bonchev–Trinajstić information content (AvgIpc) is 3.07. The van der Waals surface area contributed by atoms with Crippen LogP contribution in [0.4, 0.5) is 0 Å². The molecule has 5 rings (SSSR count). The molecule has 2 aromatic heterocycles. The van der Waals surface area contributed by atoms with Crippen molar-refractivity contribution in [2.45, 2.75) is 39.0 Å². The predicted molar refractivity (Wildman–Crippen MR) is 92.9 cm³/mol. The highest BCUT2D eigenvalue weighted by Crippen LogP contribution is 2.27. The Hall–Kier alpha value is -2.40. The van der Waals surface area contributed by atoms with Gasteiger partial charge in [0.15, 0.2) is 0 Å². The fourth-order valence-electron chi connectivity index (χ4n) is 4.18. The number of aryl methyl sites for hydroxylation is 2. The standard InChI is InChI=1S/C19H20N4O/c24-18-9-15(11-21-7-8-22-13-20-10-16(22)12-21)17-5-1-3-14-4-2-6-23(18)19(14)17/h1,3,5,9-10,13H,2,4,6-8,11-12H2. The number of nitrogens with zero attached hydrogens (tertiary/aromatic N) is 4. The van der Waals surface area contributed by atoms with Crippen LogP contribution in [-0.2, 0) is 32.6 Å². The second-order valence-electron chi connectivity index (χ2n) is 6.87. The summed E-state index contributed by atoms with van der Waals surface area (Å²) in [4.78, 5) is 19.2. The second kappa shape index (κ2) is 5.31. The number of rotatable bonds is 2. The third kappa shape index (κ3) is 2.12. The molecule has 1 aromatic carbocycles. The SMILES string of the molecule is O=c1cc(CN2CCn3cncc3C2)c2cccc3c2n1CCC3. The number of fused-ring (bicyclic) bond motifs is 1. The van der Waals surface area contributed by atoms with Crippen LogP contribution < -0.4 is 5.56 Å². The van der Waals surface area contributed by atoms with Gasteiger partial charge >= 0.3 is 0 Å². The number of hydrogen-bond donors (Lipinski definition) is 0. The molecule has 0 amide bonds. The maximum atomic E-state index is 12.6. The molecule has 24 heavy (non-hydrogen) atoms. The van der Waals surface area contributed by atoms with Crippen LogP contribution in [0.2, 0.25) is 0 Å². The van der Waals surface area contributed by atoms with Crippen molar-refractivity contribution in [3.63, 3.8) is 0 Å². The van der Waals surface area contributed by atoms with Gasteiger partial charge in [0.25, 0.3) is 5.56 Å². The van der Waals surface area contributed by atoms with Crippen molar-refractivity contribution in [3.8, 4) is 0 Å². The van der Waals surface area contributed by atoms with Gasteiger partial charge in [-0.25, -0.2) is 4.98 Å². The van der Waals surface area contributed by atoms with Gasteiger partial charge in [0, 0.05) is 50.4 Å². The lowest BCUT2D eigenvalue weighted by Crippen LogP contribution is -2.33. The van der Waals surface area contributed by atoms with Gasteiger partial charge in [-0.1, -0.05) is 18.2 Å². The molecule has 0 radical (unpaired) electrons. The molecule has 0 unspecified atom stereocenters. The van der Waals surface area contributed by atoms with Crippen LogP contribution in [-0.4, -0.2) is 25.6 Å². The van der Waals surface area contributed by atoms with Crippen LogP contribution in [0, 0.1) is 0 Å². The normalized spacial score (nSPS) is 17.2. The fourth-order valence-corrected chi connectivity index (χ4v) is 4.18. The molecule has 3 aromatic rings. The van der Waals surface area contributed by atoms with E-state index in [9.17, 15) is 4.79 Å². The summed E-state index contributed by atoms with van der Waals surface area (Å²) >= 11 is 0. The first-order chi connectivity index (χ1) is 11.8. The molecular formula is C19H20N4O. The average molecular weight is 320 g/mol. The molecule has 4 heterocycles. The smallest absolute Gasteiger partial charge is 0.251 e. The van der Waals surface area contributed by atoms with Crippen LogP contribution in [0.5, 0.6) is 0 Å². The maximum Gasteiger partial charge on any atom is 0.251 e. The summed E-state index contributed by atoms with van der Waals surface area (Å²) in [5, 5.41) is 1.24. The molecule has 0 spiro atoms. The summed E-state index contributed by atoms with van der Waals surface area (Å²) in [6.45, 7) is 4.52. The van der Waals surface area contributed by atoms with E-state index >= 15 is 0 Å². The molecule has 0 bridgehead atoms. The zero-order valence-corrected chi connectivity index (χ0v) is 13.6. The Bertz CT molecular complexity index is 985. The number of pyridine rings is 1. The lowest BCUT2D eigenvalue weighted by atomic mass is 9.98. The Morgan fingerprint density at radius 2 is 2.12 bits per heavy atom. The van der Waals surface area contributed by atoms with E-state index in [1.807, 2.05) is 23.2 Å². The minimum atomic E-state index is 0.145. The Balaban J connectivity index is 1.57. The van der Waals surface area contributed by atoms with Crippen LogP contribution in [0.15, 0.2) is 41.6 Å². The van der Waals surface area contributed by atoms with E-state index in [4.69, 9.17) is 0 Å². The molecule has 0 saturated heterocycles. The summed E-state index contributed by atoms with van der Waals surface area (Å²) in [7, 11) is 0. The largest absolute Gasteiger partial charge is 0.332 e. The van der Waals surface area contributed by atoms with Gasteiger partial charge in [0.1, 0.15) is 0 Å². The Labute approximate surface area is 140 Å². The number of imidazole rings is 1. The van der Waals surface area contributed by atoms with E-state index < -0.39 is 0 Å². The van der Waals surface area contributed by atoms with Crippen molar-refractivity contribution in [1.82, 2.24) is 19.0 Å². The Morgan fingerprint density at radius 1 is 1.17 bits per heavy atom. The quantitative estimate of drug-likeness (QED) is 0.727. The monoisotopic (exact) mass is 320 g/mol. The molecule has 0 N–H and O–H groups in total. The molecule has 2 aliphatic heterocycles. The first-order valence-electron chi connectivity index (χ1n) is 8.65. The van der Waals surface area contributed by atoms with Crippen LogP contribution >= 0.6 is 0 Å². The molecular weight excluding hydrogens is 300 g/mol. The van der Waals surface area contributed by atoms with E-state index in [0.717, 1.165) is 56.6 Å². The van der Waals surface area contributed by atoms with E-state index in [-0.39, 0.29) is 5.56 Å². The first-order valence-corrected chi connectivity index (χ1v) is 8.65. The molecule has 5 nitrogen and oxygen atoms in total. The Kier molecular flexibility index (Phi) is 3.10. The van der Waals surface area contributed by atoms with Crippen molar-refractivity contribution in [2.24, 2.45) is 0 Å². The molecule has 5 heteroatoms. The van der Waals surface area contributed by atoms with Crippen LogP contribution in [0.1, 0.15) is 23.2 Å². The zero-order chi connectivity index (χ0) is 16.1. The van der Waals surface area contributed by atoms with Gasteiger partial charge in [0.05, 0.1) is 17.5 Å². The number of aromatic nitrogens is 3. The maximum absolute atomic E-state index is 12.6. The van der Waals surface area contributed by atoms with E-state index in [2.05, 4.69) is 32.7 Å². The van der Waals surface area contributed by atoms with Gasteiger partial charge in [-0.15, -0.1) is 0 Å². The lowest BCUT2D eigenvalue weighted by molar-refractivity contribution is 0.213. The minimum absolute atomic E-state index is 0.145. The minimum Gasteiger partial charge on any atom is -0.332 e. The van der Waals surface area contributed by atoms with Gasteiger partial charge in [-0.2, -0.15) is 0 Å². The summed E-state index contributed by atoms with van der Waals surface area (Å²) in [5.41, 5.74) is 5.03. The number of hydrogen-bond acceptors (Lipinski definition) is 3. The van der Waals surface area contributed by atoms with Gasteiger partial charge in [0.2, 0.25) is 0 Å².